The molecule has 5 rings (SSSR count). The fourth-order valence-electron chi connectivity index (χ4n) is 4.53. The first-order valence-electron chi connectivity index (χ1n) is 9.82. The maximum absolute atomic E-state index is 13.6. The van der Waals surface area contributed by atoms with Gasteiger partial charge in [0.1, 0.15) is 5.76 Å². The fraction of sp³-hybridized carbons (Fsp3) is 0.524. The van der Waals surface area contributed by atoms with E-state index in [1.165, 1.54) is 12.8 Å². The molecule has 142 valence electrons. The molecule has 2 aromatic rings. The van der Waals surface area contributed by atoms with E-state index in [4.69, 9.17) is 9.15 Å². The molecule has 0 aromatic carbocycles. The zero-order chi connectivity index (χ0) is 18.3. The number of nitrogens with zero attached hydrogens (tertiary/aromatic N) is 3. The maximum Gasteiger partial charge on any atom is 0.256 e. The van der Waals surface area contributed by atoms with Crippen LogP contribution in [0.5, 0.6) is 0 Å². The Hall–Kier alpha value is -2.18. The molecule has 2 atom stereocenters. The van der Waals surface area contributed by atoms with Gasteiger partial charge in [0.15, 0.2) is 5.60 Å². The summed E-state index contributed by atoms with van der Waals surface area (Å²) in [4.78, 5) is 22.2. The van der Waals surface area contributed by atoms with Gasteiger partial charge in [-0.15, -0.1) is 0 Å². The van der Waals surface area contributed by atoms with Crippen LogP contribution in [0.25, 0.3) is 0 Å². The van der Waals surface area contributed by atoms with Crippen molar-refractivity contribution in [3.63, 3.8) is 0 Å². The zero-order valence-corrected chi connectivity index (χ0v) is 15.4. The van der Waals surface area contributed by atoms with E-state index in [2.05, 4.69) is 16.0 Å². The van der Waals surface area contributed by atoms with Gasteiger partial charge in [0.05, 0.1) is 19.4 Å². The Kier molecular flexibility index (Phi) is 4.25. The van der Waals surface area contributed by atoms with Crippen molar-refractivity contribution >= 4 is 5.91 Å². The molecule has 2 saturated heterocycles. The van der Waals surface area contributed by atoms with Gasteiger partial charge in [-0.3, -0.25) is 14.7 Å². The number of morpholine rings is 1. The highest BCUT2D eigenvalue weighted by Gasteiger charge is 2.57. The molecule has 1 saturated carbocycles. The Morgan fingerprint density at radius 1 is 1.26 bits per heavy atom. The Morgan fingerprint density at radius 2 is 2.19 bits per heavy atom. The van der Waals surface area contributed by atoms with Gasteiger partial charge in [-0.2, -0.15) is 0 Å². The molecule has 2 aromatic heterocycles. The molecule has 0 unspecified atom stereocenters. The largest absolute Gasteiger partial charge is 0.468 e. The molecule has 0 N–H and O–H groups in total. The van der Waals surface area contributed by atoms with Crippen LogP contribution in [0, 0.1) is 5.92 Å². The SMILES string of the molecule is O=C1N(CC2CC2)CCO[C@@]12CN(Cc1ccco1)C[C@H]2c1cccnc1. The van der Waals surface area contributed by atoms with Crippen molar-refractivity contribution in [2.24, 2.45) is 5.92 Å². The van der Waals surface area contributed by atoms with E-state index in [0.717, 1.165) is 24.4 Å². The van der Waals surface area contributed by atoms with Gasteiger partial charge in [0.25, 0.3) is 5.91 Å². The van der Waals surface area contributed by atoms with Crippen molar-refractivity contribution in [3.05, 3.63) is 54.2 Å². The lowest BCUT2D eigenvalue weighted by Gasteiger charge is -2.42. The van der Waals surface area contributed by atoms with Gasteiger partial charge in [0, 0.05) is 44.5 Å². The van der Waals surface area contributed by atoms with Crippen LogP contribution in [0.2, 0.25) is 0 Å². The van der Waals surface area contributed by atoms with Crippen molar-refractivity contribution < 1.29 is 13.9 Å². The third-order valence-electron chi connectivity index (χ3n) is 6.05. The number of pyridine rings is 1. The van der Waals surface area contributed by atoms with Crippen LogP contribution in [-0.4, -0.2) is 59.1 Å². The number of amides is 1. The summed E-state index contributed by atoms with van der Waals surface area (Å²) in [5.41, 5.74) is 0.254. The van der Waals surface area contributed by atoms with Gasteiger partial charge >= 0.3 is 0 Å². The summed E-state index contributed by atoms with van der Waals surface area (Å²) < 4.78 is 11.8. The summed E-state index contributed by atoms with van der Waals surface area (Å²) in [5, 5.41) is 0. The lowest BCUT2D eigenvalue weighted by atomic mass is 9.83. The van der Waals surface area contributed by atoms with Crippen molar-refractivity contribution in [1.29, 1.82) is 0 Å². The van der Waals surface area contributed by atoms with E-state index in [-0.39, 0.29) is 11.8 Å². The van der Waals surface area contributed by atoms with Crippen molar-refractivity contribution in [2.45, 2.75) is 30.9 Å². The number of carbonyl (C=O) groups excluding carboxylic acids is 1. The Balaban J connectivity index is 1.45. The summed E-state index contributed by atoms with van der Waals surface area (Å²) in [7, 11) is 0. The summed E-state index contributed by atoms with van der Waals surface area (Å²) >= 11 is 0. The highest BCUT2D eigenvalue weighted by atomic mass is 16.5. The molecule has 6 nitrogen and oxygen atoms in total. The second kappa shape index (κ2) is 6.77. The van der Waals surface area contributed by atoms with Crippen LogP contribution in [-0.2, 0) is 16.1 Å². The molecule has 1 spiro atoms. The van der Waals surface area contributed by atoms with Gasteiger partial charge < -0.3 is 14.1 Å². The molecule has 0 radical (unpaired) electrons. The lowest BCUT2D eigenvalue weighted by Crippen LogP contribution is -2.60. The van der Waals surface area contributed by atoms with Gasteiger partial charge in [0.2, 0.25) is 0 Å². The predicted molar refractivity (Wildman–Crippen MR) is 99.0 cm³/mol. The molecule has 1 amide bonds. The van der Waals surface area contributed by atoms with Crippen LogP contribution in [0.4, 0.5) is 0 Å². The second-order valence-electron chi connectivity index (χ2n) is 8.02. The molecular weight excluding hydrogens is 342 g/mol. The summed E-state index contributed by atoms with van der Waals surface area (Å²) in [6, 6.07) is 7.88. The van der Waals surface area contributed by atoms with E-state index in [1.807, 2.05) is 29.3 Å². The molecule has 3 fully saturated rings. The Bertz CT molecular complexity index is 790. The number of furan rings is 1. The van der Waals surface area contributed by atoms with Crippen molar-refractivity contribution in [3.8, 4) is 0 Å². The normalized spacial score (nSPS) is 29.0. The highest BCUT2D eigenvalue weighted by molar-refractivity contribution is 5.88. The second-order valence-corrected chi connectivity index (χ2v) is 8.02. The third-order valence-corrected chi connectivity index (χ3v) is 6.05. The Labute approximate surface area is 159 Å². The smallest absolute Gasteiger partial charge is 0.256 e. The third kappa shape index (κ3) is 3.17. The maximum atomic E-state index is 13.6. The first-order chi connectivity index (χ1) is 13.2. The first kappa shape index (κ1) is 17.0. The monoisotopic (exact) mass is 367 g/mol. The summed E-state index contributed by atoms with van der Waals surface area (Å²) in [6.45, 7) is 4.22. The fourth-order valence-corrected chi connectivity index (χ4v) is 4.53. The minimum Gasteiger partial charge on any atom is -0.468 e. The van der Waals surface area contributed by atoms with E-state index in [9.17, 15) is 4.79 Å². The highest BCUT2D eigenvalue weighted by Crippen LogP contribution is 2.43. The van der Waals surface area contributed by atoms with Crippen LogP contribution < -0.4 is 0 Å². The molecule has 4 heterocycles. The van der Waals surface area contributed by atoms with Crippen LogP contribution in [0.3, 0.4) is 0 Å². The molecule has 27 heavy (non-hydrogen) atoms. The van der Waals surface area contributed by atoms with Crippen LogP contribution in [0.15, 0.2) is 47.3 Å². The van der Waals surface area contributed by atoms with Crippen molar-refractivity contribution in [1.82, 2.24) is 14.8 Å². The van der Waals surface area contributed by atoms with Crippen LogP contribution in [0.1, 0.15) is 30.1 Å². The minimum absolute atomic E-state index is 0.0179. The average Bonchev–Trinajstić information content (AvgIpc) is 3.22. The molecule has 2 aliphatic heterocycles. The number of rotatable bonds is 5. The van der Waals surface area contributed by atoms with Crippen molar-refractivity contribution in [2.75, 3.05) is 32.8 Å². The molecule has 0 bridgehead atoms. The molecular formula is C21H25N3O3. The van der Waals surface area contributed by atoms with E-state index >= 15 is 0 Å². The zero-order valence-electron chi connectivity index (χ0n) is 15.4. The molecule has 1 aliphatic carbocycles. The minimum atomic E-state index is -0.817. The van der Waals surface area contributed by atoms with E-state index < -0.39 is 5.60 Å². The average molecular weight is 367 g/mol. The number of hydrogen-bond donors (Lipinski definition) is 0. The summed E-state index contributed by atoms with van der Waals surface area (Å²) in [5.74, 6) is 1.73. The molecule has 6 heteroatoms. The summed E-state index contributed by atoms with van der Waals surface area (Å²) in [6.07, 6.45) is 7.83. The van der Waals surface area contributed by atoms with E-state index in [0.29, 0.717) is 32.2 Å². The lowest BCUT2D eigenvalue weighted by molar-refractivity contribution is -0.172. The quantitative estimate of drug-likeness (QED) is 0.811. The topological polar surface area (TPSA) is 58.8 Å². The number of aromatic nitrogens is 1. The van der Waals surface area contributed by atoms with Gasteiger partial charge in [-0.25, -0.2) is 0 Å². The molecule has 3 aliphatic rings. The standard InChI is InChI=1S/C21H25N3O3/c25-20-21(27-10-8-24(20)12-16-5-6-16)15-23(13-18-4-2-9-26-18)14-19(21)17-3-1-7-22-11-17/h1-4,7,9,11,16,19H,5-6,8,10,12-15H2/t19-,21+/m0/s1. The number of carbonyl (C=O) groups is 1. The number of ether oxygens (including phenoxy) is 1. The van der Waals surface area contributed by atoms with E-state index in [1.54, 1.807) is 12.5 Å². The van der Waals surface area contributed by atoms with Crippen LogP contribution >= 0.6 is 0 Å². The number of hydrogen-bond acceptors (Lipinski definition) is 5. The number of likely N-dealkylation sites (tertiary alicyclic amines) is 1. The predicted octanol–water partition coefficient (Wildman–Crippen LogP) is 2.28. The van der Waals surface area contributed by atoms with Gasteiger partial charge in [-0.1, -0.05) is 6.07 Å². The first-order valence-corrected chi connectivity index (χ1v) is 9.82. The van der Waals surface area contributed by atoms with Gasteiger partial charge in [-0.05, 0) is 42.5 Å². The Morgan fingerprint density at radius 3 is 2.93 bits per heavy atom.